The van der Waals surface area contributed by atoms with Crippen molar-refractivity contribution >= 4 is 23.5 Å². The summed E-state index contributed by atoms with van der Waals surface area (Å²) in [6, 6.07) is 10.6. The molecule has 0 aromatic heterocycles. The van der Waals surface area contributed by atoms with Crippen LogP contribution in [-0.2, 0) is 11.3 Å². The number of carbonyl (C=O) groups is 3. The van der Waals surface area contributed by atoms with Gasteiger partial charge in [0.1, 0.15) is 5.75 Å². The van der Waals surface area contributed by atoms with Crippen molar-refractivity contribution in [2.24, 2.45) is 0 Å². The molecule has 0 unspecified atom stereocenters. The van der Waals surface area contributed by atoms with Gasteiger partial charge in [-0.3, -0.25) is 4.79 Å². The van der Waals surface area contributed by atoms with E-state index in [2.05, 4.69) is 0 Å². The maximum Gasteiger partial charge on any atom is 0.335 e. The number of nitrogens with zero attached hydrogens (tertiary/aromatic N) is 1. The van der Waals surface area contributed by atoms with Crippen molar-refractivity contribution in [3.05, 3.63) is 59.2 Å². The van der Waals surface area contributed by atoms with Crippen LogP contribution in [0.4, 0.5) is 5.69 Å². The molecule has 7 nitrogen and oxygen atoms in total. The number of carbonyl (C=O) groups excluding carboxylic acids is 1. The third kappa shape index (κ3) is 3.11. The topological polar surface area (TPSA) is 104 Å². The van der Waals surface area contributed by atoms with E-state index in [0.29, 0.717) is 17.0 Å². The van der Waals surface area contributed by atoms with Crippen molar-refractivity contribution in [1.29, 1.82) is 0 Å². The first-order valence-corrected chi connectivity index (χ1v) is 7.89. The molecule has 0 spiro atoms. The van der Waals surface area contributed by atoms with Gasteiger partial charge in [0.15, 0.2) is 5.60 Å². The zero-order valence-corrected chi connectivity index (χ0v) is 14.2. The number of amides is 1. The number of aromatic carboxylic acids is 2. The predicted molar refractivity (Wildman–Crippen MR) is 92.7 cm³/mol. The molecule has 0 atom stereocenters. The van der Waals surface area contributed by atoms with E-state index in [0.717, 1.165) is 0 Å². The molecule has 134 valence electrons. The Kier molecular flexibility index (Phi) is 4.15. The molecular weight excluding hydrogens is 338 g/mol. The van der Waals surface area contributed by atoms with Crippen molar-refractivity contribution in [3.8, 4) is 5.75 Å². The number of ether oxygens (including phenoxy) is 1. The highest BCUT2D eigenvalue weighted by Crippen LogP contribution is 2.39. The second kappa shape index (κ2) is 6.18. The predicted octanol–water partition coefficient (Wildman–Crippen LogP) is 2.79. The zero-order chi connectivity index (χ0) is 19.1. The van der Waals surface area contributed by atoms with Crippen molar-refractivity contribution < 1.29 is 29.3 Å². The lowest BCUT2D eigenvalue weighted by Gasteiger charge is -2.39. The minimum absolute atomic E-state index is 0.0572. The summed E-state index contributed by atoms with van der Waals surface area (Å²) in [6.45, 7) is 3.35. The average Bonchev–Trinajstić information content (AvgIpc) is 2.58. The van der Waals surface area contributed by atoms with Crippen LogP contribution in [0.1, 0.15) is 40.1 Å². The van der Waals surface area contributed by atoms with Crippen LogP contribution in [0, 0.1) is 0 Å². The summed E-state index contributed by atoms with van der Waals surface area (Å²) in [7, 11) is 0. The van der Waals surface area contributed by atoms with Crippen LogP contribution in [0.2, 0.25) is 0 Å². The average molecular weight is 355 g/mol. The van der Waals surface area contributed by atoms with Gasteiger partial charge in [0, 0.05) is 0 Å². The van der Waals surface area contributed by atoms with Gasteiger partial charge in [-0.2, -0.15) is 0 Å². The molecule has 2 N–H and O–H groups in total. The molecule has 1 aliphatic heterocycles. The number of carboxylic acid groups (broad SMARTS) is 2. The molecule has 7 heteroatoms. The van der Waals surface area contributed by atoms with Crippen LogP contribution in [0.3, 0.4) is 0 Å². The Morgan fingerprint density at radius 2 is 1.69 bits per heavy atom. The zero-order valence-electron chi connectivity index (χ0n) is 14.2. The van der Waals surface area contributed by atoms with Gasteiger partial charge in [-0.1, -0.05) is 12.1 Å². The fraction of sp³-hybridized carbons (Fsp3) is 0.211. The lowest BCUT2D eigenvalue weighted by molar-refractivity contribution is -0.132. The second-order valence-electron chi connectivity index (χ2n) is 6.50. The van der Waals surface area contributed by atoms with Crippen LogP contribution < -0.4 is 9.64 Å². The van der Waals surface area contributed by atoms with Crippen LogP contribution in [-0.4, -0.2) is 33.7 Å². The highest BCUT2D eigenvalue weighted by molar-refractivity contribution is 6.03. The molecule has 1 amide bonds. The SMILES string of the molecule is CC1(C)Oc2cc(C(=O)O)ccc2N(Cc2cccc(C(=O)O)c2)C1=O. The number of carboxylic acids is 2. The highest BCUT2D eigenvalue weighted by Gasteiger charge is 2.41. The number of rotatable bonds is 4. The lowest BCUT2D eigenvalue weighted by Crippen LogP contribution is -2.52. The van der Waals surface area contributed by atoms with Crippen LogP contribution >= 0.6 is 0 Å². The summed E-state index contributed by atoms with van der Waals surface area (Å²) in [6.07, 6.45) is 0. The van der Waals surface area contributed by atoms with E-state index in [1.165, 1.54) is 35.2 Å². The first-order valence-electron chi connectivity index (χ1n) is 7.89. The first-order chi connectivity index (χ1) is 12.2. The molecule has 2 aromatic rings. The third-order valence-electron chi connectivity index (χ3n) is 4.14. The van der Waals surface area contributed by atoms with Gasteiger partial charge in [0.25, 0.3) is 5.91 Å². The number of benzene rings is 2. The maximum absolute atomic E-state index is 12.8. The van der Waals surface area contributed by atoms with Gasteiger partial charge in [-0.25, -0.2) is 9.59 Å². The molecule has 0 saturated carbocycles. The molecule has 0 radical (unpaired) electrons. The standard InChI is InChI=1S/C19H17NO6/c1-19(2)18(25)20(10-11-4-3-5-12(8-11)16(21)22)14-7-6-13(17(23)24)9-15(14)26-19/h3-9H,10H2,1-2H3,(H,21,22)(H,23,24). The molecule has 26 heavy (non-hydrogen) atoms. The highest BCUT2D eigenvalue weighted by atomic mass is 16.5. The summed E-state index contributed by atoms with van der Waals surface area (Å²) in [5, 5.41) is 18.3. The Bertz CT molecular complexity index is 918. The molecular formula is C19H17NO6. The Morgan fingerprint density at radius 3 is 2.35 bits per heavy atom. The van der Waals surface area contributed by atoms with Crippen LogP contribution in [0.25, 0.3) is 0 Å². The van der Waals surface area contributed by atoms with Crippen LogP contribution in [0.15, 0.2) is 42.5 Å². The minimum Gasteiger partial charge on any atom is -0.478 e. The first kappa shape index (κ1) is 17.5. The smallest absolute Gasteiger partial charge is 0.335 e. The van der Waals surface area contributed by atoms with Gasteiger partial charge in [-0.05, 0) is 49.7 Å². The van der Waals surface area contributed by atoms with Gasteiger partial charge in [0.05, 0.1) is 23.4 Å². The molecule has 1 heterocycles. The summed E-state index contributed by atoms with van der Waals surface area (Å²) in [4.78, 5) is 36.6. The summed E-state index contributed by atoms with van der Waals surface area (Å²) < 4.78 is 5.70. The molecule has 3 rings (SSSR count). The fourth-order valence-electron chi connectivity index (χ4n) is 2.85. The normalized spacial score (nSPS) is 15.2. The second-order valence-corrected chi connectivity index (χ2v) is 6.50. The molecule has 0 saturated heterocycles. The number of hydrogen-bond donors (Lipinski definition) is 2. The number of fused-ring (bicyclic) bond motifs is 1. The van der Waals surface area contributed by atoms with Crippen molar-refractivity contribution in [1.82, 2.24) is 0 Å². The summed E-state index contributed by atoms with van der Waals surface area (Å²) in [5.41, 5.74) is 0.101. The third-order valence-corrected chi connectivity index (χ3v) is 4.14. The van der Waals surface area contributed by atoms with E-state index in [1.54, 1.807) is 26.0 Å². The van der Waals surface area contributed by atoms with E-state index >= 15 is 0 Å². The van der Waals surface area contributed by atoms with Gasteiger partial charge in [0.2, 0.25) is 0 Å². The number of hydrogen-bond acceptors (Lipinski definition) is 4. The molecule has 1 aliphatic rings. The van der Waals surface area contributed by atoms with E-state index in [1.807, 2.05) is 0 Å². The molecule has 0 aliphatic carbocycles. The van der Waals surface area contributed by atoms with Crippen molar-refractivity contribution in [3.63, 3.8) is 0 Å². The van der Waals surface area contributed by atoms with Crippen LogP contribution in [0.5, 0.6) is 5.75 Å². The van der Waals surface area contributed by atoms with Crippen molar-refractivity contribution in [2.45, 2.75) is 26.0 Å². The number of anilines is 1. The lowest BCUT2D eigenvalue weighted by atomic mass is 10.0. The van der Waals surface area contributed by atoms with E-state index < -0.39 is 17.5 Å². The Labute approximate surface area is 149 Å². The van der Waals surface area contributed by atoms with E-state index in [4.69, 9.17) is 14.9 Å². The molecule has 0 fully saturated rings. The van der Waals surface area contributed by atoms with Gasteiger partial charge < -0.3 is 19.8 Å². The van der Waals surface area contributed by atoms with Gasteiger partial charge in [-0.15, -0.1) is 0 Å². The quantitative estimate of drug-likeness (QED) is 0.874. The molecule has 2 aromatic carbocycles. The van der Waals surface area contributed by atoms with Crippen molar-refractivity contribution in [2.75, 3.05) is 4.90 Å². The summed E-state index contributed by atoms with van der Waals surface area (Å²) in [5.74, 6) is -2.14. The summed E-state index contributed by atoms with van der Waals surface area (Å²) >= 11 is 0. The Balaban J connectivity index is 2.03. The maximum atomic E-state index is 12.8. The Hall–Kier alpha value is -3.35. The van der Waals surface area contributed by atoms with Gasteiger partial charge >= 0.3 is 11.9 Å². The monoisotopic (exact) mass is 355 g/mol. The molecule has 0 bridgehead atoms. The Morgan fingerprint density at radius 1 is 1.04 bits per heavy atom. The largest absolute Gasteiger partial charge is 0.478 e. The minimum atomic E-state index is -1.17. The fourth-order valence-corrected chi connectivity index (χ4v) is 2.85. The van der Waals surface area contributed by atoms with E-state index in [-0.39, 0.29) is 23.6 Å². The van der Waals surface area contributed by atoms with E-state index in [9.17, 15) is 14.4 Å².